The number of amides is 2. The molecule has 150 valence electrons. The Hall–Kier alpha value is -2.81. The van der Waals surface area contributed by atoms with Gasteiger partial charge in [0, 0.05) is 11.8 Å². The SMILES string of the molecule is CCc1ccc(NC(=O)COC(=O)CS[C@@H](C)C(=O)Nc2cc(C)on2)cc1. The first kappa shape index (κ1) is 21.5. The molecule has 2 amide bonds. The fourth-order valence-corrected chi connectivity index (χ4v) is 2.81. The maximum atomic E-state index is 12.0. The summed E-state index contributed by atoms with van der Waals surface area (Å²) >= 11 is 1.10. The largest absolute Gasteiger partial charge is 0.455 e. The Bertz CT molecular complexity index is 819. The first-order valence-corrected chi connectivity index (χ1v) is 9.82. The lowest BCUT2D eigenvalue weighted by Gasteiger charge is -2.10. The van der Waals surface area contributed by atoms with Gasteiger partial charge in [0.2, 0.25) is 5.91 Å². The van der Waals surface area contributed by atoms with Crippen LogP contribution in [0.5, 0.6) is 0 Å². The highest BCUT2D eigenvalue weighted by atomic mass is 32.2. The highest BCUT2D eigenvalue weighted by molar-refractivity contribution is 8.01. The Morgan fingerprint density at radius 1 is 1.21 bits per heavy atom. The van der Waals surface area contributed by atoms with Crippen molar-refractivity contribution in [3.05, 3.63) is 41.7 Å². The molecule has 0 saturated carbocycles. The average molecular weight is 405 g/mol. The number of carbonyl (C=O) groups is 3. The molecule has 0 bridgehead atoms. The number of hydrogen-bond donors (Lipinski definition) is 2. The number of rotatable bonds is 9. The Labute approximate surface area is 167 Å². The van der Waals surface area contributed by atoms with Gasteiger partial charge in [0.05, 0.1) is 11.0 Å². The van der Waals surface area contributed by atoms with Gasteiger partial charge < -0.3 is 19.9 Å². The fraction of sp³-hybridized carbons (Fsp3) is 0.368. The summed E-state index contributed by atoms with van der Waals surface area (Å²) in [6, 6.07) is 9.03. The van der Waals surface area contributed by atoms with Gasteiger partial charge in [-0.25, -0.2) is 0 Å². The minimum Gasteiger partial charge on any atom is -0.455 e. The first-order valence-electron chi connectivity index (χ1n) is 8.77. The molecule has 1 aromatic carbocycles. The molecular weight excluding hydrogens is 382 g/mol. The van der Waals surface area contributed by atoms with Crippen LogP contribution in [-0.2, 0) is 25.5 Å². The lowest BCUT2D eigenvalue weighted by Crippen LogP contribution is -2.25. The Morgan fingerprint density at radius 2 is 1.93 bits per heavy atom. The summed E-state index contributed by atoms with van der Waals surface area (Å²) < 4.78 is 9.81. The summed E-state index contributed by atoms with van der Waals surface area (Å²) in [4.78, 5) is 35.7. The van der Waals surface area contributed by atoms with E-state index in [4.69, 9.17) is 9.26 Å². The van der Waals surface area contributed by atoms with Gasteiger partial charge in [0.25, 0.3) is 5.91 Å². The zero-order chi connectivity index (χ0) is 20.5. The molecule has 0 aliphatic carbocycles. The van der Waals surface area contributed by atoms with Gasteiger partial charge in [-0.15, -0.1) is 11.8 Å². The number of anilines is 2. The molecule has 0 unspecified atom stereocenters. The van der Waals surface area contributed by atoms with Crippen LogP contribution in [-0.4, -0.2) is 40.6 Å². The second-order valence-electron chi connectivity index (χ2n) is 6.02. The number of nitrogens with one attached hydrogen (secondary N) is 2. The van der Waals surface area contributed by atoms with Gasteiger partial charge in [-0.2, -0.15) is 0 Å². The van der Waals surface area contributed by atoms with E-state index >= 15 is 0 Å². The van der Waals surface area contributed by atoms with E-state index in [1.807, 2.05) is 19.1 Å². The monoisotopic (exact) mass is 405 g/mol. The number of hydrogen-bond acceptors (Lipinski definition) is 7. The smallest absolute Gasteiger partial charge is 0.316 e. The van der Waals surface area contributed by atoms with Crippen molar-refractivity contribution >= 4 is 41.1 Å². The number of aromatic nitrogens is 1. The molecule has 0 fully saturated rings. The van der Waals surface area contributed by atoms with Gasteiger partial charge in [-0.1, -0.05) is 24.2 Å². The van der Waals surface area contributed by atoms with Crippen LogP contribution in [0.2, 0.25) is 0 Å². The van der Waals surface area contributed by atoms with Gasteiger partial charge >= 0.3 is 5.97 Å². The third-order valence-corrected chi connectivity index (χ3v) is 4.83. The highest BCUT2D eigenvalue weighted by Crippen LogP contribution is 2.15. The highest BCUT2D eigenvalue weighted by Gasteiger charge is 2.17. The number of nitrogens with zero attached hydrogens (tertiary/aromatic N) is 1. The molecule has 0 saturated heterocycles. The van der Waals surface area contributed by atoms with Crippen LogP contribution in [0, 0.1) is 6.92 Å². The van der Waals surface area contributed by atoms with E-state index in [1.165, 1.54) is 5.56 Å². The molecule has 1 atom stereocenters. The van der Waals surface area contributed by atoms with E-state index in [9.17, 15) is 14.4 Å². The molecule has 1 heterocycles. The predicted octanol–water partition coefficient (Wildman–Crippen LogP) is 2.79. The molecule has 9 heteroatoms. The minimum atomic E-state index is -0.571. The third-order valence-electron chi connectivity index (χ3n) is 3.71. The molecule has 1 aromatic heterocycles. The van der Waals surface area contributed by atoms with E-state index in [2.05, 4.69) is 15.8 Å². The van der Waals surface area contributed by atoms with Crippen molar-refractivity contribution < 1.29 is 23.6 Å². The van der Waals surface area contributed by atoms with Crippen LogP contribution < -0.4 is 10.6 Å². The van der Waals surface area contributed by atoms with Crippen LogP contribution >= 0.6 is 11.8 Å². The van der Waals surface area contributed by atoms with E-state index in [0.717, 1.165) is 18.2 Å². The number of carbonyl (C=O) groups excluding carboxylic acids is 3. The van der Waals surface area contributed by atoms with E-state index < -0.39 is 17.1 Å². The Morgan fingerprint density at radius 3 is 2.54 bits per heavy atom. The van der Waals surface area contributed by atoms with Gasteiger partial charge in [-0.05, 0) is 38.0 Å². The topological polar surface area (TPSA) is 111 Å². The normalized spacial score (nSPS) is 11.5. The van der Waals surface area contributed by atoms with Crippen LogP contribution in [0.4, 0.5) is 11.5 Å². The Balaban J connectivity index is 1.66. The lowest BCUT2D eigenvalue weighted by molar-refractivity contribution is -0.144. The van der Waals surface area contributed by atoms with Crippen molar-refractivity contribution in [2.24, 2.45) is 0 Å². The predicted molar refractivity (Wildman–Crippen MR) is 107 cm³/mol. The van der Waals surface area contributed by atoms with Crippen molar-refractivity contribution in [3.8, 4) is 0 Å². The number of esters is 1. The molecule has 2 aromatic rings. The van der Waals surface area contributed by atoms with E-state index in [1.54, 1.807) is 32.0 Å². The number of benzene rings is 1. The van der Waals surface area contributed by atoms with Crippen molar-refractivity contribution in [1.82, 2.24) is 5.16 Å². The summed E-state index contributed by atoms with van der Waals surface area (Å²) in [6.45, 7) is 5.04. The molecule has 0 radical (unpaired) electrons. The molecule has 0 aliphatic rings. The zero-order valence-corrected chi connectivity index (χ0v) is 16.8. The standard InChI is InChI=1S/C19H23N3O5S/c1-4-14-5-7-15(8-6-14)20-17(23)10-26-18(24)11-28-13(3)19(25)21-16-9-12(2)27-22-16/h5-9,13H,4,10-11H2,1-3H3,(H,20,23)(H,21,22,25)/t13-/m0/s1. The number of aryl methyl sites for hydroxylation is 2. The second kappa shape index (κ2) is 10.5. The number of ether oxygens (including phenoxy) is 1. The van der Waals surface area contributed by atoms with Gasteiger partial charge in [0.1, 0.15) is 5.76 Å². The summed E-state index contributed by atoms with van der Waals surface area (Å²) in [6.07, 6.45) is 0.915. The molecular formula is C19H23N3O5S. The van der Waals surface area contributed by atoms with Crippen LogP contribution in [0.15, 0.2) is 34.9 Å². The van der Waals surface area contributed by atoms with Crippen LogP contribution in [0.25, 0.3) is 0 Å². The molecule has 0 aliphatic heterocycles. The summed E-state index contributed by atoms with van der Waals surface area (Å²) in [7, 11) is 0. The van der Waals surface area contributed by atoms with Crippen LogP contribution in [0.1, 0.15) is 25.2 Å². The fourth-order valence-electron chi connectivity index (χ4n) is 2.13. The van der Waals surface area contributed by atoms with Crippen molar-refractivity contribution in [1.29, 1.82) is 0 Å². The molecule has 8 nitrogen and oxygen atoms in total. The minimum absolute atomic E-state index is 0.0507. The molecule has 28 heavy (non-hydrogen) atoms. The van der Waals surface area contributed by atoms with E-state index in [-0.39, 0.29) is 18.3 Å². The third kappa shape index (κ3) is 7.07. The maximum absolute atomic E-state index is 12.0. The molecule has 0 spiro atoms. The van der Waals surface area contributed by atoms with Gasteiger partial charge in [0.15, 0.2) is 12.4 Å². The summed E-state index contributed by atoms with van der Waals surface area (Å²) in [5.74, 6) is -0.447. The molecule has 2 N–H and O–H groups in total. The van der Waals surface area contributed by atoms with Gasteiger partial charge in [-0.3, -0.25) is 14.4 Å². The number of thioether (sulfide) groups is 1. The zero-order valence-electron chi connectivity index (χ0n) is 16.0. The van der Waals surface area contributed by atoms with Crippen LogP contribution in [0.3, 0.4) is 0 Å². The summed E-state index contributed by atoms with van der Waals surface area (Å²) in [5.41, 5.74) is 1.80. The van der Waals surface area contributed by atoms with E-state index in [0.29, 0.717) is 17.3 Å². The summed E-state index contributed by atoms with van der Waals surface area (Å²) in [5, 5.41) is 8.42. The maximum Gasteiger partial charge on any atom is 0.316 e. The van der Waals surface area contributed by atoms with Crippen molar-refractivity contribution in [3.63, 3.8) is 0 Å². The lowest BCUT2D eigenvalue weighted by atomic mass is 10.1. The quantitative estimate of drug-likeness (QED) is 0.617. The second-order valence-corrected chi connectivity index (χ2v) is 7.35. The van der Waals surface area contributed by atoms with Crippen molar-refractivity contribution in [2.75, 3.05) is 23.0 Å². The van der Waals surface area contributed by atoms with Crippen molar-refractivity contribution in [2.45, 2.75) is 32.4 Å². The molecule has 2 rings (SSSR count). The average Bonchev–Trinajstić information content (AvgIpc) is 3.09. The first-order chi connectivity index (χ1) is 13.4. The Kier molecular flexibility index (Phi) is 8.06.